The minimum Gasteiger partial charge on any atom is -0.325 e. The molecule has 3 aromatic rings. The number of amides is 1. The van der Waals surface area contributed by atoms with Crippen molar-refractivity contribution in [2.75, 3.05) is 11.1 Å². The zero-order valence-electron chi connectivity index (χ0n) is 14.7. The lowest BCUT2D eigenvalue weighted by molar-refractivity contribution is -0.113. The Morgan fingerprint density at radius 2 is 2.00 bits per heavy atom. The zero-order chi connectivity index (χ0) is 18.7. The van der Waals surface area contributed by atoms with Gasteiger partial charge in [0.1, 0.15) is 11.4 Å². The molecule has 2 aromatic heterocycles. The number of benzene rings is 1. The van der Waals surface area contributed by atoms with Crippen LogP contribution in [0.3, 0.4) is 0 Å². The number of nitrogens with zero attached hydrogens (tertiary/aromatic N) is 4. The fourth-order valence-electron chi connectivity index (χ4n) is 2.39. The van der Waals surface area contributed by atoms with E-state index in [2.05, 4.69) is 20.4 Å². The highest BCUT2D eigenvalue weighted by Crippen LogP contribution is 2.21. The second-order valence-corrected chi connectivity index (χ2v) is 7.26. The van der Waals surface area contributed by atoms with Crippen LogP contribution in [0.4, 0.5) is 5.69 Å². The van der Waals surface area contributed by atoms with Crippen molar-refractivity contribution in [3.63, 3.8) is 0 Å². The lowest BCUT2D eigenvalue weighted by Crippen LogP contribution is -2.14. The van der Waals surface area contributed by atoms with E-state index >= 15 is 0 Å². The molecule has 0 saturated heterocycles. The standard InChI is InChI=1S/C18H18ClN5OS/c1-11-4-5-14(7-15(11)19)22-17(25)9-26-18-8-16(20-10-21-18)24-13(3)6-12(2)23-24/h4-8,10H,9H2,1-3H3,(H,22,25). The molecule has 0 unspecified atom stereocenters. The topological polar surface area (TPSA) is 72.7 Å². The number of aromatic nitrogens is 4. The van der Waals surface area contributed by atoms with E-state index in [1.165, 1.54) is 18.1 Å². The molecule has 0 aliphatic rings. The van der Waals surface area contributed by atoms with Gasteiger partial charge in [-0.2, -0.15) is 5.10 Å². The van der Waals surface area contributed by atoms with Crippen molar-refractivity contribution in [1.82, 2.24) is 19.7 Å². The average molecular weight is 388 g/mol. The molecule has 134 valence electrons. The number of carbonyl (C=O) groups is 1. The van der Waals surface area contributed by atoms with Gasteiger partial charge in [0.15, 0.2) is 5.82 Å². The predicted octanol–water partition coefficient (Wildman–Crippen LogP) is 3.97. The first-order valence-electron chi connectivity index (χ1n) is 7.97. The van der Waals surface area contributed by atoms with Crippen molar-refractivity contribution in [3.8, 4) is 5.82 Å². The Morgan fingerprint density at radius 3 is 2.69 bits per heavy atom. The molecule has 0 aliphatic heterocycles. The van der Waals surface area contributed by atoms with E-state index < -0.39 is 0 Å². The number of nitrogens with one attached hydrogen (secondary N) is 1. The maximum Gasteiger partial charge on any atom is 0.234 e. The summed E-state index contributed by atoms with van der Waals surface area (Å²) < 4.78 is 1.76. The molecule has 0 atom stereocenters. The number of halogens is 1. The Hall–Kier alpha value is -2.38. The number of carbonyl (C=O) groups excluding carboxylic acids is 1. The summed E-state index contributed by atoms with van der Waals surface area (Å²) in [7, 11) is 0. The minimum absolute atomic E-state index is 0.124. The van der Waals surface area contributed by atoms with Gasteiger partial charge >= 0.3 is 0 Å². The molecule has 3 rings (SSSR count). The molecular formula is C18H18ClN5OS. The molecule has 0 fully saturated rings. The second kappa shape index (κ2) is 7.88. The summed E-state index contributed by atoms with van der Waals surface area (Å²) in [6.07, 6.45) is 1.48. The summed E-state index contributed by atoms with van der Waals surface area (Å²) >= 11 is 7.42. The summed E-state index contributed by atoms with van der Waals surface area (Å²) in [5.41, 5.74) is 3.56. The number of hydrogen-bond acceptors (Lipinski definition) is 5. The van der Waals surface area contributed by atoms with Crippen molar-refractivity contribution >= 4 is 35.0 Å². The van der Waals surface area contributed by atoms with Crippen LogP contribution >= 0.6 is 23.4 Å². The lowest BCUT2D eigenvalue weighted by atomic mass is 10.2. The van der Waals surface area contributed by atoms with E-state index in [9.17, 15) is 4.79 Å². The van der Waals surface area contributed by atoms with E-state index in [1.807, 2.05) is 45.0 Å². The van der Waals surface area contributed by atoms with Gasteiger partial charge in [-0.05, 0) is 44.5 Å². The Balaban J connectivity index is 1.64. The van der Waals surface area contributed by atoms with Crippen LogP contribution in [0.1, 0.15) is 17.0 Å². The van der Waals surface area contributed by atoms with E-state index in [0.29, 0.717) is 21.6 Å². The summed E-state index contributed by atoms with van der Waals surface area (Å²) in [4.78, 5) is 20.6. The molecule has 0 bridgehead atoms. The Bertz CT molecular complexity index is 957. The quantitative estimate of drug-likeness (QED) is 0.529. The number of thioether (sulfide) groups is 1. The van der Waals surface area contributed by atoms with Crippen molar-refractivity contribution in [1.29, 1.82) is 0 Å². The van der Waals surface area contributed by atoms with Gasteiger partial charge in [-0.3, -0.25) is 4.79 Å². The van der Waals surface area contributed by atoms with Crippen LogP contribution in [0.15, 0.2) is 41.7 Å². The van der Waals surface area contributed by atoms with Gasteiger partial charge in [0.05, 0.1) is 11.4 Å². The molecule has 8 heteroatoms. The minimum atomic E-state index is -0.124. The number of hydrogen-bond donors (Lipinski definition) is 1. The Kier molecular flexibility index (Phi) is 5.58. The van der Waals surface area contributed by atoms with Crippen molar-refractivity contribution in [2.45, 2.75) is 25.8 Å². The lowest BCUT2D eigenvalue weighted by Gasteiger charge is -2.07. The summed E-state index contributed by atoms with van der Waals surface area (Å²) in [6.45, 7) is 5.82. The normalized spacial score (nSPS) is 10.8. The third kappa shape index (κ3) is 4.42. The SMILES string of the molecule is Cc1cc(C)n(-c2cc(SCC(=O)Nc3ccc(C)c(Cl)c3)ncn2)n1. The monoisotopic (exact) mass is 387 g/mol. The Morgan fingerprint density at radius 1 is 1.19 bits per heavy atom. The summed E-state index contributed by atoms with van der Waals surface area (Å²) in [5, 5.41) is 8.58. The number of rotatable bonds is 5. The van der Waals surface area contributed by atoms with Crippen LogP contribution in [-0.4, -0.2) is 31.4 Å². The smallest absolute Gasteiger partial charge is 0.234 e. The van der Waals surface area contributed by atoms with Crippen LogP contribution in [0.5, 0.6) is 0 Å². The number of aryl methyl sites for hydroxylation is 3. The van der Waals surface area contributed by atoms with E-state index in [4.69, 9.17) is 11.6 Å². The molecule has 1 N–H and O–H groups in total. The molecule has 0 radical (unpaired) electrons. The van der Waals surface area contributed by atoms with Crippen LogP contribution in [0, 0.1) is 20.8 Å². The van der Waals surface area contributed by atoms with Crippen LogP contribution < -0.4 is 5.32 Å². The number of anilines is 1. The maximum atomic E-state index is 12.2. The van der Waals surface area contributed by atoms with Crippen LogP contribution in [0.25, 0.3) is 5.82 Å². The maximum absolute atomic E-state index is 12.2. The van der Waals surface area contributed by atoms with Gasteiger partial charge in [-0.25, -0.2) is 14.6 Å². The van der Waals surface area contributed by atoms with Gasteiger partial charge in [0.2, 0.25) is 5.91 Å². The largest absolute Gasteiger partial charge is 0.325 e. The zero-order valence-corrected chi connectivity index (χ0v) is 16.2. The molecule has 0 spiro atoms. The van der Waals surface area contributed by atoms with E-state index in [-0.39, 0.29) is 11.7 Å². The third-order valence-corrected chi connectivity index (χ3v) is 4.99. The van der Waals surface area contributed by atoms with E-state index in [0.717, 1.165) is 17.0 Å². The first-order valence-corrected chi connectivity index (χ1v) is 9.33. The molecule has 0 aliphatic carbocycles. The first-order chi connectivity index (χ1) is 12.4. The Labute approximate surface area is 161 Å². The molecule has 6 nitrogen and oxygen atoms in total. The molecule has 2 heterocycles. The van der Waals surface area contributed by atoms with Crippen LogP contribution in [0.2, 0.25) is 5.02 Å². The highest BCUT2D eigenvalue weighted by Gasteiger charge is 2.09. The highest BCUT2D eigenvalue weighted by molar-refractivity contribution is 7.99. The van der Waals surface area contributed by atoms with Gasteiger partial charge in [0, 0.05) is 22.5 Å². The molecular weight excluding hydrogens is 370 g/mol. The van der Waals surface area contributed by atoms with E-state index in [1.54, 1.807) is 10.7 Å². The summed E-state index contributed by atoms with van der Waals surface area (Å²) in [5.74, 6) is 0.791. The van der Waals surface area contributed by atoms with Gasteiger partial charge in [-0.15, -0.1) is 0 Å². The molecule has 0 saturated carbocycles. The van der Waals surface area contributed by atoms with Gasteiger partial charge < -0.3 is 5.32 Å². The summed E-state index contributed by atoms with van der Waals surface area (Å²) in [6, 6.07) is 9.24. The average Bonchev–Trinajstić information content (AvgIpc) is 2.95. The van der Waals surface area contributed by atoms with Gasteiger partial charge in [0.25, 0.3) is 0 Å². The van der Waals surface area contributed by atoms with Gasteiger partial charge in [-0.1, -0.05) is 29.4 Å². The first kappa shape index (κ1) is 18.4. The van der Waals surface area contributed by atoms with Crippen molar-refractivity contribution in [3.05, 3.63) is 58.6 Å². The second-order valence-electron chi connectivity index (χ2n) is 5.85. The fraction of sp³-hybridized carbons (Fsp3) is 0.222. The fourth-order valence-corrected chi connectivity index (χ4v) is 3.23. The van der Waals surface area contributed by atoms with Crippen molar-refractivity contribution in [2.24, 2.45) is 0 Å². The predicted molar refractivity (Wildman–Crippen MR) is 104 cm³/mol. The van der Waals surface area contributed by atoms with Crippen molar-refractivity contribution < 1.29 is 4.79 Å². The van der Waals surface area contributed by atoms with Crippen LogP contribution in [-0.2, 0) is 4.79 Å². The highest BCUT2D eigenvalue weighted by atomic mass is 35.5. The third-order valence-electron chi connectivity index (χ3n) is 3.66. The molecule has 1 aromatic carbocycles. The molecule has 26 heavy (non-hydrogen) atoms. The molecule has 1 amide bonds.